The van der Waals surface area contributed by atoms with E-state index in [2.05, 4.69) is 36.6 Å². The topological polar surface area (TPSA) is 85.1 Å². The van der Waals surface area contributed by atoms with Gasteiger partial charge in [-0.1, -0.05) is 11.6 Å². The molecule has 0 aliphatic rings. The maximum atomic E-state index is 5.97. The van der Waals surface area contributed by atoms with Crippen LogP contribution in [-0.2, 0) is 0 Å². The van der Waals surface area contributed by atoms with Crippen molar-refractivity contribution < 1.29 is 4.74 Å². The van der Waals surface area contributed by atoms with E-state index >= 15 is 0 Å². The van der Waals surface area contributed by atoms with Crippen molar-refractivity contribution in [3.8, 4) is 5.75 Å². The summed E-state index contributed by atoms with van der Waals surface area (Å²) in [6.07, 6.45) is 1.58. The van der Waals surface area contributed by atoms with Crippen molar-refractivity contribution in [1.82, 2.24) is 9.97 Å². The summed E-state index contributed by atoms with van der Waals surface area (Å²) in [5.74, 6) is 6.77. The molecule has 1 heterocycles. The van der Waals surface area contributed by atoms with Gasteiger partial charge in [-0.2, -0.15) is 4.98 Å². The summed E-state index contributed by atoms with van der Waals surface area (Å²) in [5, 5.41) is 3.69. The molecule has 0 amide bonds. The second-order valence-corrected chi connectivity index (χ2v) is 4.79. The number of aromatic nitrogens is 2. The van der Waals surface area contributed by atoms with Crippen LogP contribution in [0.3, 0.4) is 0 Å². The van der Waals surface area contributed by atoms with E-state index in [4.69, 9.17) is 22.2 Å². The molecule has 2 aromatic rings. The molecule has 0 saturated carbocycles. The van der Waals surface area contributed by atoms with Crippen LogP contribution >= 0.6 is 27.5 Å². The monoisotopic (exact) mass is 343 g/mol. The molecule has 4 N–H and O–H groups in total. The third kappa shape index (κ3) is 3.25. The van der Waals surface area contributed by atoms with Gasteiger partial charge < -0.3 is 10.1 Å². The van der Waals surface area contributed by atoms with Gasteiger partial charge in [-0.15, -0.1) is 0 Å². The highest BCUT2D eigenvalue weighted by molar-refractivity contribution is 9.10. The van der Waals surface area contributed by atoms with Gasteiger partial charge in [0.1, 0.15) is 5.75 Å². The molecule has 100 valence electrons. The zero-order valence-corrected chi connectivity index (χ0v) is 12.3. The fourth-order valence-corrected chi connectivity index (χ4v) is 1.89. The summed E-state index contributed by atoms with van der Waals surface area (Å²) in [6.45, 7) is 0. The molecule has 0 aliphatic carbocycles. The lowest BCUT2D eigenvalue weighted by molar-refractivity contribution is 0.417. The van der Waals surface area contributed by atoms with E-state index in [1.165, 1.54) is 0 Å². The molecule has 0 radical (unpaired) electrons. The predicted octanol–water partition coefficient (Wildman–Crippen LogP) is 2.93. The van der Waals surface area contributed by atoms with E-state index in [1.807, 2.05) is 0 Å². The largest absolute Gasteiger partial charge is 0.495 e. The first-order chi connectivity index (χ1) is 9.13. The molecule has 0 spiro atoms. The molecule has 0 unspecified atom stereocenters. The molecule has 0 bridgehead atoms. The van der Waals surface area contributed by atoms with E-state index in [9.17, 15) is 0 Å². The van der Waals surface area contributed by atoms with Crippen molar-refractivity contribution in [1.29, 1.82) is 0 Å². The highest BCUT2D eigenvalue weighted by Gasteiger charge is 2.09. The van der Waals surface area contributed by atoms with E-state index in [1.54, 1.807) is 31.5 Å². The molecule has 1 aromatic carbocycles. The van der Waals surface area contributed by atoms with Crippen LogP contribution < -0.4 is 21.3 Å². The summed E-state index contributed by atoms with van der Waals surface area (Å²) < 4.78 is 5.94. The normalized spacial score (nSPS) is 10.1. The molecule has 0 atom stereocenters. The van der Waals surface area contributed by atoms with Crippen molar-refractivity contribution in [2.45, 2.75) is 0 Å². The third-order valence-electron chi connectivity index (χ3n) is 2.29. The van der Waals surface area contributed by atoms with Crippen LogP contribution in [-0.4, -0.2) is 17.1 Å². The average Bonchev–Trinajstić information content (AvgIpc) is 2.41. The van der Waals surface area contributed by atoms with Crippen LogP contribution in [0.2, 0.25) is 5.02 Å². The molecule has 0 aliphatic heterocycles. The van der Waals surface area contributed by atoms with Gasteiger partial charge in [-0.05, 0) is 34.1 Å². The first kappa shape index (κ1) is 13.9. The number of hydrogen-bond donors (Lipinski definition) is 3. The van der Waals surface area contributed by atoms with E-state index in [0.29, 0.717) is 32.7 Å². The van der Waals surface area contributed by atoms with Crippen LogP contribution in [0.5, 0.6) is 5.75 Å². The standard InChI is InChI=1S/C11H11BrClN5O/c1-19-9-3-2-6(13)4-8(9)16-10-7(12)5-15-11(17-10)18-14/h2-5H,14H2,1H3,(H2,15,16,17,18). The van der Waals surface area contributed by atoms with Gasteiger partial charge in [0.05, 0.1) is 17.3 Å². The predicted molar refractivity (Wildman–Crippen MR) is 78.8 cm³/mol. The summed E-state index contributed by atoms with van der Waals surface area (Å²) >= 11 is 9.32. The van der Waals surface area contributed by atoms with Crippen LogP contribution in [0.15, 0.2) is 28.9 Å². The van der Waals surface area contributed by atoms with E-state index in [0.717, 1.165) is 0 Å². The van der Waals surface area contributed by atoms with Gasteiger partial charge in [0.2, 0.25) is 5.95 Å². The Morgan fingerprint density at radius 2 is 2.21 bits per heavy atom. The van der Waals surface area contributed by atoms with Crippen LogP contribution in [0.1, 0.15) is 0 Å². The van der Waals surface area contributed by atoms with Crippen molar-refractivity contribution in [2.75, 3.05) is 17.9 Å². The summed E-state index contributed by atoms with van der Waals surface area (Å²) in [5.41, 5.74) is 3.07. The van der Waals surface area contributed by atoms with Crippen molar-refractivity contribution >= 4 is 45.0 Å². The molecule has 6 nitrogen and oxygen atoms in total. The quantitative estimate of drug-likeness (QED) is 0.584. The number of rotatable bonds is 4. The summed E-state index contributed by atoms with van der Waals surface area (Å²) in [7, 11) is 1.58. The highest BCUT2D eigenvalue weighted by atomic mass is 79.9. The number of nitrogens with zero attached hydrogens (tertiary/aromatic N) is 2. The maximum absolute atomic E-state index is 5.97. The Morgan fingerprint density at radius 1 is 1.42 bits per heavy atom. The summed E-state index contributed by atoms with van der Waals surface area (Å²) in [6, 6.07) is 5.25. The number of hydrazine groups is 1. The average molecular weight is 345 g/mol. The fourth-order valence-electron chi connectivity index (χ4n) is 1.43. The lowest BCUT2D eigenvalue weighted by Gasteiger charge is -2.12. The van der Waals surface area contributed by atoms with E-state index in [-0.39, 0.29) is 0 Å². The number of nitrogens with one attached hydrogen (secondary N) is 2. The zero-order chi connectivity index (χ0) is 13.8. The number of ether oxygens (including phenoxy) is 1. The van der Waals surface area contributed by atoms with Crippen LogP contribution in [0.4, 0.5) is 17.5 Å². The Labute approximate surface area is 123 Å². The number of methoxy groups -OCH3 is 1. The number of benzene rings is 1. The van der Waals surface area contributed by atoms with Gasteiger partial charge in [-0.3, -0.25) is 5.43 Å². The molecule has 1 aromatic heterocycles. The second-order valence-electron chi connectivity index (χ2n) is 3.50. The van der Waals surface area contributed by atoms with Gasteiger partial charge in [0.15, 0.2) is 5.82 Å². The molecule has 19 heavy (non-hydrogen) atoms. The van der Waals surface area contributed by atoms with Gasteiger partial charge in [-0.25, -0.2) is 10.8 Å². The lowest BCUT2D eigenvalue weighted by atomic mass is 10.3. The van der Waals surface area contributed by atoms with E-state index < -0.39 is 0 Å². The Morgan fingerprint density at radius 3 is 2.89 bits per heavy atom. The highest BCUT2D eigenvalue weighted by Crippen LogP contribution is 2.32. The molecule has 2 rings (SSSR count). The smallest absolute Gasteiger partial charge is 0.239 e. The second kappa shape index (κ2) is 6.05. The SMILES string of the molecule is COc1ccc(Cl)cc1Nc1nc(NN)ncc1Br. The minimum Gasteiger partial charge on any atom is -0.495 e. The molecule has 0 saturated heterocycles. The first-order valence-electron chi connectivity index (χ1n) is 5.23. The number of halogens is 2. The molecular weight excluding hydrogens is 334 g/mol. The van der Waals surface area contributed by atoms with Gasteiger partial charge in [0.25, 0.3) is 0 Å². The van der Waals surface area contributed by atoms with Crippen molar-refractivity contribution in [2.24, 2.45) is 5.84 Å². The third-order valence-corrected chi connectivity index (χ3v) is 3.10. The molecule has 8 heteroatoms. The number of nitrogen functional groups attached to an aromatic ring is 1. The fraction of sp³-hybridized carbons (Fsp3) is 0.0909. The number of anilines is 3. The summed E-state index contributed by atoms with van der Waals surface area (Å²) in [4.78, 5) is 8.16. The molecular formula is C11H11BrClN5O. The zero-order valence-electron chi connectivity index (χ0n) is 9.95. The maximum Gasteiger partial charge on any atom is 0.239 e. The first-order valence-corrected chi connectivity index (χ1v) is 6.41. The van der Waals surface area contributed by atoms with Gasteiger partial charge in [0, 0.05) is 11.2 Å². The number of hydrogen-bond acceptors (Lipinski definition) is 6. The molecule has 0 fully saturated rings. The van der Waals surface area contributed by atoms with Crippen molar-refractivity contribution in [3.63, 3.8) is 0 Å². The number of nitrogens with two attached hydrogens (primary N) is 1. The Kier molecular flexibility index (Phi) is 4.41. The van der Waals surface area contributed by atoms with Crippen LogP contribution in [0, 0.1) is 0 Å². The Balaban J connectivity index is 2.37. The minimum absolute atomic E-state index is 0.298. The van der Waals surface area contributed by atoms with Gasteiger partial charge >= 0.3 is 0 Å². The van der Waals surface area contributed by atoms with Crippen LogP contribution in [0.25, 0.3) is 0 Å². The minimum atomic E-state index is 0.298. The Bertz CT molecular complexity index is 595. The lowest BCUT2D eigenvalue weighted by Crippen LogP contribution is -2.11. The van der Waals surface area contributed by atoms with Crippen molar-refractivity contribution in [3.05, 3.63) is 33.9 Å². The Hall–Kier alpha value is -1.57.